The van der Waals surface area contributed by atoms with Gasteiger partial charge in [-0.25, -0.2) is 0 Å². The van der Waals surface area contributed by atoms with Crippen LogP contribution in [0.2, 0.25) is 36.3 Å². The Kier molecular flexibility index (Phi) is 11.4. The van der Waals surface area contributed by atoms with Crippen molar-refractivity contribution in [2.45, 2.75) is 128 Å². The van der Waals surface area contributed by atoms with Gasteiger partial charge in [0, 0.05) is 10.8 Å². The van der Waals surface area contributed by atoms with Gasteiger partial charge < -0.3 is 8.85 Å². The number of benzene rings is 3. The molecule has 0 saturated heterocycles. The van der Waals surface area contributed by atoms with Crippen molar-refractivity contribution in [3.63, 3.8) is 0 Å². The monoisotopic (exact) mass is 702 g/mol. The number of rotatable bonds is 14. The molecule has 0 spiro atoms. The third-order valence-corrected chi connectivity index (χ3v) is 21.7. The fraction of sp³-hybridized carbons (Fsp3) is 0.435. The molecule has 5 rings (SSSR count). The van der Waals surface area contributed by atoms with Gasteiger partial charge in [0.25, 0.3) is 0 Å². The predicted octanol–water partition coefficient (Wildman–Crippen LogP) is 12.9. The largest absolute Gasteiger partial charge is 0.401 e. The van der Waals surface area contributed by atoms with Crippen molar-refractivity contribution in [3.8, 4) is 0 Å². The third-order valence-electron chi connectivity index (χ3n) is 12.4. The molecule has 0 aliphatic heterocycles. The zero-order chi connectivity index (χ0) is 36.3. The summed E-state index contributed by atoms with van der Waals surface area (Å²) in [6.07, 6.45) is 18.9. The van der Waals surface area contributed by atoms with Crippen LogP contribution in [0.25, 0.3) is 0 Å². The number of allylic oxidation sites excluding steroid dienone is 4. The topological polar surface area (TPSA) is 18.5 Å². The van der Waals surface area contributed by atoms with Gasteiger partial charge in [0.1, 0.15) is 11.2 Å². The van der Waals surface area contributed by atoms with E-state index >= 15 is 0 Å². The quantitative estimate of drug-likeness (QED) is 0.123. The molecule has 0 bridgehead atoms. The molecule has 0 N–H and O–H groups in total. The maximum absolute atomic E-state index is 7.55. The van der Waals surface area contributed by atoms with Gasteiger partial charge in [-0.1, -0.05) is 150 Å². The molecular weight excluding hydrogens is 641 g/mol. The van der Waals surface area contributed by atoms with Crippen LogP contribution in [0, 0.1) is 13.8 Å². The first-order valence-electron chi connectivity index (χ1n) is 19.3. The van der Waals surface area contributed by atoms with Crippen LogP contribution in [0.3, 0.4) is 0 Å². The van der Waals surface area contributed by atoms with E-state index in [2.05, 4.69) is 191 Å². The number of hydrogen-bond donors (Lipinski definition) is 0. The molecule has 2 aliphatic rings. The van der Waals surface area contributed by atoms with E-state index in [-0.39, 0.29) is 10.8 Å². The highest BCUT2D eigenvalue weighted by molar-refractivity contribution is 6.74. The van der Waals surface area contributed by atoms with Gasteiger partial charge in [-0.2, -0.15) is 0 Å². The lowest BCUT2D eigenvalue weighted by Gasteiger charge is -2.46. The second-order valence-electron chi connectivity index (χ2n) is 15.5. The highest BCUT2D eigenvalue weighted by Gasteiger charge is 2.46. The van der Waals surface area contributed by atoms with Gasteiger partial charge in [-0.3, -0.25) is 0 Å². The lowest BCUT2D eigenvalue weighted by atomic mass is 9.70. The van der Waals surface area contributed by atoms with Crippen LogP contribution < -0.4 is 0 Å². The SMILES string of the molecule is CC[Si](CC)(CC)OC1(c2ccc(C3(C)C=CC(C)(c4ccc(C)cc4)C=C3)cc2)C=CC(O[Si](CC)(CC)CC)(c2cccc(C)c2)C=C1. The van der Waals surface area contributed by atoms with Crippen molar-refractivity contribution in [1.29, 1.82) is 0 Å². The van der Waals surface area contributed by atoms with E-state index in [1.807, 2.05) is 0 Å². The Bertz CT molecular complexity index is 1670. The fourth-order valence-electron chi connectivity index (χ4n) is 7.97. The van der Waals surface area contributed by atoms with Gasteiger partial charge in [0.05, 0.1) is 0 Å². The Hall–Kier alpha value is -3.03. The van der Waals surface area contributed by atoms with Gasteiger partial charge >= 0.3 is 0 Å². The summed E-state index contributed by atoms with van der Waals surface area (Å²) in [6, 6.07) is 33.7. The molecule has 0 amide bonds. The molecule has 3 aromatic carbocycles. The second kappa shape index (κ2) is 14.9. The molecule has 50 heavy (non-hydrogen) atoms. The minimum absolute atomic E-state index is 0.114. The van der Waals surface area contributed by atoms with Crippen molar-refractivity contribution in [1.82, 2.24) is 0 Å². The standard InChI is InChI=1S/C46H62O2Si2/c1-11-49(12-2,13-3)47-45(32-34-46(35-33-45,42-19-17-18-38(8)36-42)48-50(14-4,15-5)16-6)41-26-24-40(25-27-41)44(10)30-28-43(9,29-31-44)39-22-20-37(7)21-23-39/h17-36H,11-16H2,1-10H3. The van der Waals surface area contributed by atoms with Crippen LogP contribution in [0.4, 0.5) is 0 Å². The summed E-state index contributed by atoms with van der Waals surface area (Å²) in [5.41, 5.74) is 5.96. The van der Waals surface area contributed by atoms with Crippen molar-refractivity contribution in [2.24, 2.45) is 0 Å². The van der Waals surface area contributed by atoms with Gasteiger partial charge in [0.2, 0.25) is 0 Å². The van der Waals surface area contributed by atoms with E-state index in [1.165, 1.54) is 33.4 Å². The molecule has 0 atom stereocenters. The smallest absolute Gasteiger partial charge is 0.194 e. The fourth-order valence-corrected chi connectivity index (χ4v) is 13.8. The Balaban J connectivity index is 1.56. The predicted molar refractivity (Wildman–Crippen MR) is 220 cm³/mol. The number of aryl methyl sites for hydroxylation is 2. The molecule has 0 saturated carbocycles. The molecule has 0 fully saturated rings. The Morgan fingerprint density at radius 2 is 0.780 bits per heavy atom. The summed E-state index contributed by atoms with van der Waals surface area (Å²) < 4.78 is 15.0. The lowest BCUT2D eigenvalue weighted by molar-refractivity contribution is 0.121. The Morgan fingerprint density at radius 1 is 0.420 bits per heavy atom. The van der Waals surface area contributed by atoms with E-state index < -0.39 is 27.8 Å². The van der Waals surface area contributed by atoms with Crippen molar-refractivity contribution in [3.05, 3.63) is 155 Å². The van der Waals surface area contributed by atoms with E-state index in [0.717, 1.165) is 36.3 Å². The zero-order valence-corrected chi connectivity index (χ0v) is 34.6. The minimum Gasteiger partial charge on any atom is -0.401 e. The first-order valence-corrected chi connectivity index (χ1v) is 24.3. The summed E-state index contributed by atoms with van der Waals surface area (Å²) in [4.78, 5) is 0. The van der Waals surface area contributed by atoms with E-state index in [9.17, 15) is 0 Å². The molecule has 266 valence electrons. The second-order valence-corrected chi connectivity index (χ2v) is 24.9. The Labute approximate surface area is 306 Å². The molecular formula is C46H62O2Si2. The van der Waals surface area contributed by atoms with Crippen LogP contribution in [0.1, 0.15) is 88.8 Å². The zero-order valence-electron chi connectivity index (χ0n) is 32.6. The highest BCUT2D eigenvalue weighted by atomic mass is 28.4. The first kappa shape index (κ1) is 38.2. The van der Waals surface area contributed by atoms with Crippen molar-refractivity contribution >= 4 is 16.6 Å². The summed E-state index contributed by atoms with van der Waals surface area (Å²) in [7, 11) is -4.02. The maximum Gasteiger partial charge on any atom is 0.194 e. The van der Waals surface area contributed by atoms with Crippen LogP contribution >= 0.6 is 0 Å². The summed E-state index contributed by atoms with van der Waals surface area (Å²) in [5.74, 6) is 0. The molecule has 2 nitrogen and oxygen atoms in total. The third kappa shape index (κ3) is 7.32. The van der Waals surface area contributed by atoms with Gasteiger partial charge in [0.15, 0.2) is 16.6 Å². The van der Waals surface area contributed by atoms with Crippen LogP contribution in [-0.2, 0) is 30.9 Å². The van der Waals surface area contributed by atoms with Crippen molar-refractivity contribution < 1.29 is 8.85 Å². The first-order chi connectivity index (χ1) is 23.8. The summed E-state index contributed by atoms with van der Waals surface area (Å²) in [5, 5.41) is 0. The van der Waals surface area contributed by atoms with E-state index in [4.69, 9.17) is 8.85 Å². The highest BCUT2D eigenvalue weighted by Crippen LogP contribution is 2.46. The average Bonchev–Trinajstić information content (AvgIpc) is 3.15. The van der Waals surface area contributed by atoms with Gasteiger partial charge in [-0.15, -0.1) is 0 Å². The minimum atomic E-state index is -2.03. The van der Waals surface area contributed by atoms with Crippen LogP contribution in [0.5, 0.6) is 0 Å². The Morgan fingerprint density at radius 3 is 1.16 bits per heavy atom. The summed E-state index contributed by atoms with van der Waals surface area (Å²) in [6.45, 7) is 22.9. The number of hydrogen-bond acceptors (Lipinski definition) is 2. The maximum atomic E-state index is 7.55. The molecule has 2 aliphatic carbocycles. The summed E-state index contributed by atoms with van der Waals surface area (Å²) >= 11 is 0. The molecule has 0 radical (unpaired) electrons. The normalized spacial score (nSPS) is 26.4. The van der Waals surface area contributed by atoms with E-state index in [1.54, 1.807) is 0 Å². The van der Waals surface area contributed by atoms with Gasteiger partial charge in [-0.05, 0) is 111 Å². The molecule has 3 aromatic rings. The average molecular weight is 703 g/mol. The lowest BCUT2D eigenvalue weighted by Crippen LogP contribution is -2.48. The van der Waals surface area contributed by atoms with Crippen LogP contribution in [0.15, 0.2) is 121 Å². The molecule has 0 aromatic heterocycles. The molecule has 4 heteroatoms. The molecule has 0 unspecified atom stereocenters. The van der Waals surface area contributed by atoms with E-state index in [0.29, 0.717) is 0 Å². The van der Waals surface area contributed by atoms with Crippen LogP contribution in [-0.4, -0.2) is 16.6 Å². The van der Waals surface area contributed by atoms with Crippen molar-refractivity contribution in [2.75, 3.05) is 0 Å². The molecule has 0 heterocycles.